The molecule has 1 aliphatic heterocycles. The van der Waals surface area contributed by atoms with Crippen molar-refractivity contribution in [1.82, 2.24) is 4.90 Å². The van der Waals surface area contributed by atoms with Gasteiger partial charge in [-0.2, -0.15) is 0 Å². The molecule has 0 unspecified atom stereocenters. The lowest BCUT2D eigenvalue weighted by Gasteiger charge is -2.08. The van der Waals surface area contributed by atoms with Crippen molar-refractivity contribution in [2.24, 2.45) is 0 Å². The van der Waals surface area contributed by atoms with Crippen LogP contribution in [0.25, 0.3) is 0 Å². The molecule has 0 aromatic carbocycles. The quantitative estimate of drug-likeness (QED) is 0.515. The largest absolute Gasteiger partial charge is 0.290 e. The Morgan fingerprint density at radius 2 is 2.62 bits per heavy atom. The summed E-state index contributed by atoms with van der Waals surface area (Å²) < 4.78 is 0. The normalized spacial score (nSPS) is 21.5. The Bertz CT molecular complexity index is 76.6. The van der Waals surface area contributed by atoms with Crippen molar-refractivity contribution >= 4 is 11.8 Å². The summed E-state index contributed by atoms with van der Waals surface area (Å²) in [7, 11) is 0. The molecule has 0 radical (unpaired) electrons. The lowest BCUT2D eigenvalue weighted by Crippen LogP contribution is -2.18. The van der Waals surface area contributed by atoms with Gasteiger partial charge in [0.2, 0.25) is 0 Å². The standard InChI is InChI=1S/C6H11NS/c1-2-3-7-4-5-8-6-7/h2H,1,3-6H2. The number of hydrogen-bond acceptors (Lipinski definition) is 2. The molecule has 2 heteroatoms. The molecule has 1 heterocycles. The van der Waals surface area contributed by atoms with Gasteiger partial charge in [-0.25, -0.2) is 0 Å². The second kappa shape index (κ2) is 3.15. The van der Waals surface area contributed by atoms with Crippen LogP contribution in [0.3, 0.4) is 0 Å². The van der Waals surface area contributed by atoms with E-state index >= 15 is 0 Å². The van der Waals surface area contributed by atoms with Crippen LogP contribution >= 0.6 is 11.8 Å². The van der Waals surface area contributed by atoms with Gasteiger partial charge in [0.25, 0.3) is 0 Å². The highest BCUT2D eigenvalue weighted by atomic mass is 32.2. The fourth-order valence-electron chi connectivity index (χ4n) is 0.778. The molecule has 0 spiro atoms. The van der Waals surface area contributed by atoms with Crippen molar-refractivity contribution in [2.75, 3.05) is 24.7 Å². The van der Waals surface area contributed by atoms with Crippen LogP contribution in [0.15, 0.2) is 12.7 Å². The summed E-state index contributed by atoms with van der Waals surface area (Å²) in [5.74, 6) is 2.50. The van der Waals surface area contributed by atoms with Crippen molar-refractivity contribution < 1.29 is 0 Å². The molecule has 0 amide bonds. The minimum atomic E-state index is 1.06. The minimum absolute atomic E-state index is 1.06. The SMILES string of the molecule is C=CCN1CCSC1. The Labute approximate surface area is 54.8 Å². The van der Waals surface area contributed by atoms with E-state index < -0.39 is 0 Å². The molecule has 0 aliphatic carbocycles. The average Bonchev–Trinajstić information content (AvgIpc) is 2.19. The second-order valence-electron chi connectivity index (χ2n) is 1.90. The van der Waals surface area contributed by atoms with Crippen LogP contribution in [0, 0.1) is 0 Å². The Morgan fingerprint density at radius 3 is 3.12 bits per heavy atom. The first kappa shape index (κ1) is 6.17. The predicted molar refractivity (Wildman–Crippen MR) is 39.1 cm³/mol. The molecule has 0 aromatic heterocycles. The number of thioether (sulfide) groups is 1. The first-order valence-corrected chi connectivity index (χ1v) is 4.00. The lowest BCUT2D eigenvalue weighted by molar-refractivity contribution is 0.396. The molecule has 1 nitrogen and oxygen atoms in total. The predicted octanol–water partition coefficient (Wildman–Crippen LogP) is 1.18. The summed E-state index contributed by atoms with van der Waals surface area (Å²) in [4.78, 5) is 2.39. The summed E-state index contributed by atoms with van der Waals surface area (Å²) in [5.41, 5.74) is 0. The number of hydrogen-bond donors (Lipinski definition) is 0. The first-order chi connectivity index (χ1) is 3.93. The number of rotatable bonds is 2. The fraction of sp³-hybridized carbons (Fsp3) is 0.667. The van der Waals surface area contributed by atoms with Crippen molar-refractivity contribution in [1.29, 1.82) is 0 Å². The fourth-order valence-corrected chi connectivity index (χ4v) is 1.79. The van der Waals surface area contributed by atoms with E-state index in [4.69, 9.17) is 0 Å². The summed E-state index contributed by atoms with van der Waals surface area (Å²) in [5, 5.41) is 0. The van der Waals surface area contributed by atoms with Crippen LogP contribution in [0.2, 0.25) is 0 Å². The minimum Gasteiger partial charge on any atom is -0.290 e. The molecular formula is C6H11NS. The average molecular weight is 129 g/mol. The monoisotopic (exact) mass is 129 g/mol. The summed E-state index contributed by atoms with van der Waals surface area (Å²) >= 11 is 2.00. The molecule has 0 bridgehead atoms. The second-order valence-corrected chi connectivity index (χ2v) is 2.98. The molecule has 0 saturated carbocycles. The smallest absolute Gasteiger partial charge is 0.0448 e. The lowest BCUT2D eigenvalue weighted by atomic mass is 10.5. The van der Waals surface area contributed by atoms with E-state index in [9.17, 15) is 0 Å². The van der Waals surface area contributed by atoms with E-state index in [1.54, 1.807) is 0 Å². The van der Waals surface area contributed by atoms with Gasteiger partial charge >= 0.3 is 0 Å². The third kappa shape index (κ3) is 1.53. The van der Waals surface area contributed by atoms with Crippen LogP contribution in [-0.4, -0.2) is 29.6 Å². The van der Waals surface area contributed by atoms with Gasteiger partial charge in [-0.1, -0.05) is 6.08 Å². The van der Waals surface area contributed by atoms with Gasteiger partial charge in [0, 0.05) is 24.7 Å². The topological polar surface area (TPSA) is 3.24 Å². The molecule has 0 aromatic rings. The van der Waals surface area contributed by atoms with Gasteiger partial charge in [0.15, 0.2) is 0 Å². The summed E-state index contributed by atoms with van der Waals surface area (Å²) in [6, 6.07) is 0. The summed E-state index contributed by atoms with van der Waals surface area (Å²) in [6.45, 7) is 5.98. The summed E-state index contributed by atoms with van der Waals surface area (Å²) in [6.07, 6.45) is 1.96. The molecule has 46 valence electrons. The van der Waals surface area contributed by atoms with Crippen LogP contribution < -0.4 is 0 Å². The zero-order valence-corrected chi connectivity index (χ0v) is 5.78. The molecule has 1 saturated heterocycles. The maximum Gasteiger partial charge on any atom is 0.0448 e. The zero-order chi connectivity index (χ0) is 5.82. The van der Waals surface area contributed by atoms with E-state index in [2.05, 4.69) is 11.5 Å². The van der Waals surface area contributed by atoms with E-state index in [0.717, 1.165) is 6.54 Å². The molecule has 0 atom stereocenters. The van der Waals surface area contributed by atoms with Crippen LogP contribution in [-0.2, 0) is 0 Å². The number of nitrogens with zero attached hydrogens (tertiary/aromatic N) is 1. The molecule has 8 heavy (non-hydrogen) atoms. The highest BCUT2D eigenvalue weighted by molar-refractivity contribution is 7.99. The van der Waals surface area contributed by atoms with Gasteiger partial charge < -0.3 is 0 Å². The van der Waals surface area contributed by atoms with Crippen LogP contribution in [0.4, 0.5) is 0 Å². The molecule has 1 aliphatic rings. The van der Waals surface area contributed by atoms with E-state index in [-0.39, 0.29) is 0 Å². The highest BCUT2D eigenvalue weighted by Gasteiger charge is 2.08. The first-order valence-electron chi connectivity index (χ1n) is 2.84. The molecular weight excluding hydrogens is 118 g/mol. The van der Waals surface area contributed by atoms with Crippen molar-refractivity contribution in [3.8, 4) is 0 Å². The maximum absolute atomic E-state index is 3.67. The van der Waals surface area contributed by atoms with Gasteiger partial charge in [-0.3, -0.25) is 4.90 Å². The zero-order valence-electron chi connectivity index (χ0n) is 4.97. The van der Waals surface area contributed by atoms with Crippen molar-refractivity contribution in [3.05, 3.63) is 12.7 Å². The van der Waals surface area contributed by atoms with Gasteiger partial charge in [0.1, 0.15) is 0 Å². The Kier molecular flexibility index (Phi) is 2.43. The van der Waals surface area contributed by atoms with Gasteiger partial charge in [-0.05, 0) is 0 Å². The maximum atomic E-state index is 3.67. The van der Waals surface area contributed by atoms with Crippen LogP contribution in [0.1, 0.15) is 0 Å². The van der Waals surface area contributed by atoms with Gasteiger partial charge in [0.05, 0.1) is 0 Å². The Morgan fingerprint density at radius 1 is 1.75 bits per heavy atom. The van der Waals surface area contributed by atoms with Crippen LogP contribution in [0.5, 0.6) is 0 Å². The van der Waals surface area contributed by atoms with Crippen molar-refractivity contribution in [3.63, 3.8) is 0 Å². The third-order valence-corrected chi connectivity index (χ3v) is 2.23. The van der Waals surface area contributed by atoms with E-state index in [1.807, 2.05) is 17.8 Å². The Balaban J connectivity index is 2.14. The third-order valence-electron chi connectivity index (χ3n) is 1.21. The molecule has 1 fully saturated rings. The van der Waals surface area contributed by atoms with Crippen molar-refractivity contribution in [2.45, 2.75) is 0 Å². The highest BCUT2D eigenvalue weighted by Crippen LogP contribution is 2.11. The Hall–Kier alpha value is 0.0500. The van der Waals surface area contributed by atoms with Gasteiger partial charge in [-0.15, -0.1) is 18.3 Å². The molecule has 0 N–H and O–H groups in total. The van der Waals surface area contributed by atoms with E-state index in [1.165, 1.54) is 18.2 Å². The van der Waals surface area contributed by atoms with E-state index in [0.29, 0.717) is 0 Å². The molecule has 1 rings (SSSR count).